The smallest absolute Gasteiger partial charge is 0.117 e. The average Bonchev–Trinajstić information content (AvgIpc) is 2.33. The van der Waals surface area contributed by atoms with E-state index in [9.17, 15) is 0 Å². The summed E-state index contributed by atoms with van der Waals surface area (Å²) in [6.07, 6.45) is 3.58. The van der Waals surface area contributed by atoms with Gasteiger partial charge in [0.25, 0.3) is 0 Å². The molecule has 3 nitrogen and oxygen atoms in total. The lowest BCUT2D eigenvalue weighted by molar-refractivity contribution is 0.910. The molecular formula is C8H9N3. The van der Waals surface area contributed by atoms with Crippen LogP contribution in [-0.2, 0) is 0 Å². The first-order valence-electron chi connectivity index (χ1n) is 3.54. The zero-order valence-corrected chi connectivity index (χ0v) is 6.57. The molecule has 0 atom stereocenters. The number of fused-ring (bicyclic) bond motifs is 1. The zero-order chi connectivity index (χ0) is 7.84. The van der Waals surface area contributed by atoms with Crippen molar-refractivity contribution >= 4 is 5.52 Å². The van der Waals surface area contributed by atoms with Crippen LogP contribution in [0.3, 0.4) is 0 Å². The van der Waals surface area contributed by atoms with Crippen LogP contribution in [0, 0.1) is 13.8 Å². The highest BCUT2D eigenvalue weighted by Crippen LogP contribution is 2.08. The monoisotopic (exact) mass is 147 g/mol. The molecule has 0 aliphatic carbocycles. The second-order valence-electron chi connectivity index (χ2n) is 2.69. The molecule has 2 rings (SSSR count). The second-order valence-corrected chi connectivity index (χ2v) is 2.69. The molecule has 2 aromatic heterocycles. The molecule has 11 heavy (non-hydrogen) atoms. The van der Waals surface area contributed by atoms with E-state index in [1.807, 2.05) is 26.1 Å². The molecule has 0 aliphatic heterocycles. The number of aromatic nitrogens is 3. The highest BCUT2D eigenvalue weighted by Gasteiger charge is 1.97. The van der Waals surface area contributed by atoms with Crippen LogP contribution < -0.4 is 0 Å². The largest absolute Gasteiger partial charge is 0.242 e. The van der Waals surface area contributed by atoms with E-state index in [2.05, 4.69) is 10.1 Å². The molecule has 0 aliphatic rings. The fraction of sp³-hybridized carbons (Fsp3) is 0.250. The van der Waals surface area contributed by atoms with E-state index in [0.717, 1.165) is 11.2 Å². The summed E-state index contributed by atoms with van der Waals surface area (Å²) in [6.45, 7) is 4.02. The summed E-state index contributed by atoms with van der Waals surface area (Å²) >= 11 is 0. The van der Waals surface area contributed by atoms with Crippen molar-refractivity contribution in [2.45, 2.75) is 13.8 Å². The third-order valence-corrected chi connectivity index (χ3v) is 1.74. The average molecular weight is 147 g/mol. The molecule has 3 heteroatoms. The van der Waals surface area contributed by atoms with Gasteiger partial charge in [-0.25, -0.2) is 9.50 Å². The Morgan fingerprint density at radius 1 is 1.36 bits per heavy atom. The number of hydrogen-bond acceptors (Lipinski definition) is 2. The molecule has 0 aromatic carbocycles. The number of aryl methyl sites for hydroxylation is 2. The minimum absolute atomic E-state index is 1.03. The van der Waals surface area contributed by atoms with Gasteiger partial charge in [0.15, 0.2) is 0 Å². The Bertz CT molecular complexity index is 389. The Kier molecular flexibility index (Phi) is 1.18. The van der Waals surface area contributed by atoms with Crippen molar-refractivity contribution in [2.24, 2.45) is 0 Å². The van der Waals surface area contributed by atoms with E-state index < -0.39 is 0 Å². The molecule has 0 spiro atoms. The van der Waals surface area contributed by atoms with Gasteiger partial charge < -0.3 is 0 Å². The molecule has 0 radical (unpaired) electrons. The van der Waals surface area contributed by atoms with E-state index >= 15 is 0 Å². The first-order chi connectivity index (χ1) is 5.27. The van der Waals surface area contributed by atoms with Crippen LogP contribution >= 0.6 is 0 Å². The summed E-state index contributed by atoms with van der Waals surface area (Å²) in [5.41, 5.74) is 3.36. The minimum atomic E-state index is 1.03. The Morgan fingerprint density at radius 2 is 2.18 bits per heavy atom. The summed E-state index contributed by atoms with van der Waals surface area (Å²) < 4.78 is 1.78. The van der Waals surface area contributed by atoms with Crippen molar-refractivity contribution in [1.29, 1.82) is 0 Å². The van der Waals surface area contributed by atoms with Gasteiger partial charge in [-0.15, -0.1) is 0 Å². The van der Waals surface area contributed by atoms with E-state index in [0.29, 0.717) is 0 Å². The van der Waals surface area contributed by atoms with Gasteiger partial charge in [0.2, 0.25) is 0 Å². The van der Waals surface area contributed by atoms with Gasteiger partial charge in [0.05, 0.1) is 11.7 Å². The fourth-order valence-electron chi connectivity index (χ4n) is 1.11. The molecule has 0 bridgehead atoms. The van der Waals surface area contributed by atoms with E-state index in [-0.39, 0.29) is 0 Å². The Hall–Kier alpha value is -1.38. The van der Waals surface area contributed by atoms with Crippen molar-refractivity contribution in [3.05, 3.63) is 29.8 Å². The number of rotatable bonds is 0. The third kappa shape index (κ3) is 0.888. The highest BCUT2D eigenvalue weighted by molar-refractivity contribution is 5.52. The van der Waals surface area contributed by atoms with Gasteiger partial charge in [-0.3, -0.25) is 0 Å². The van der Waals surface area contributed by atoms with Crippen molar-refractivity contribution in [3.63, 3.8) is 0 Å². The molecule has 0 fully saturated rings. The van der Waals surface area contributed by atoms with Gasteiger partial charge in [0, 0.05) is 5.69 Å². The van der Waals surface area contributed by atoms with Crippen LogP contribution in [0.25, 0.3) is 5.52 Å². The van der Waals surface area contributed by atoms with E-state index in [1.165, 1.54) is 5.56 Å². The summed E-state index contributed by atoms with van der Waals surface area (Å²) in [7, 11) is 0. The Labute approximate surface area is 64.7 Å². The molecule has 0 N–H and O–H groups in total. The molecule has 56 valence electrons. The van der Waals surface area contributed by atoms with Crippen LogP contribution in [0.15, 0.2) is 18.6 Å². The van der Waals surface area contributed by atoms with Crippen LogP contribution in [0.2, 0.25) is 0 Å². The van der Waals surface area contributed by atoms with Crippen LogP contribution in [0.4, 0.5) is 0 Å². The van der Waals surface area contributed by atoms with E-state index in [1.54, 1.807) is 10.8 Å². The zero-order valence-electron chi connectivity index (χ0n) is 6.57. The molecule has 0 saturated heterocycles. The van der Waals surface area contributed by atoms with Gasteiger partial charge in [0.1, 0.15) is 6.33 Å². The minimum Gasteiger partial charge on any atom is -0.242 e. The predicted octanol–water partition coefficient (Wildman–Crippen LogP) is 1.35. The van der Waals surface area contributed by atoms with Crippen molar-refractivity contribution in [1.82, 2.24) is 14.6 Å². The van der Waals surface area contributed by atoms with E-state index in [4.69, 9.17) is 0 Å². The van der Waals surface area contributed by atoms with Crippen LogP contribution in [0.5, 0.6) is 0 Å². The van der Waals surface area contributed by atoms with Crippen LogP contribution in [0.1, 0.15) is 11.3 Å². The fourth-order valence-corrected chi connectivity index (χ4v) is 1.11. The molecular weight excluding hydrogens is 138 g/mol. The molecule has 0 amide bonds. The second kappa shape index (κ2) is 2.05. The normalized spacial score (nSPS) is 10.7. The highest BCUT2D eigenvalue weighted by atomic mass is 15.2. The first-order valence-corrected chi connectivity index (χ1v) is 3.54. The SMILES string of the molecule is Cc1cc2c(C)cnn2cn1. The van der Waals surface area contributed by atoms with Crippen molar-refractivity contribution in [3.8, 4) is 0 Å². The maximum atomic E-state index is 4.12. The maximum absolute atomic E-state index is 4.12. The summed E-state index contributed by atoms with van der Waals surface area (Å²) in [6, 6.07) is 2.03. The van der Waals surface area contributed by atoms with Gasteiger partial charge in [-0.05, 0) is 25.5 Å². The lowest BCUT2D eigenvalue weighted by Gasteiger charge is -1.93. The first kappa shape index (κ1) is 6.34. The number of nitrogens with zero attached hydrogens (tertiary/aromatic N) is 3. The summed E-state index contributed by atoms with van der Waals surface area (Å²) in [5, 5.41) is 4.11. The quantitative estimate of drug-likeness (QED) is 0.563. The van der Waals surface area contributed by atoms with Gasteiger partial charge >= 0.3 is 0 Å². The lowest BCUT2D eigenvalue weighted by atomic mass is 10.3. The Morgan fingerprint density at radius 3 is 3.00 bits per heavy atom. The van der Waals surface area contributed by atoms with Gasteiger partial charge in [-0.1, -0.05) is 0 Å². The molecule has 2 aromatic rings. The summed E-state index contributed by atoms with van der Waals surface area (Å²) in [4.78, 5) is 4.12. The standard InChI is InChI=1S/C8H9N3/c1-6-4-10-11-5-9-7(2)3-8(6)11/h3-5H,1-2H3. The molecule has 0 saturated carbocycles. The lowest BCUT2D eigenvalue weighted by Crippen LogP contribution is -1.90. The third-order valence-electron chi connectivity index (χ3n) is 1.74. The summed E-state index contributed by atoms with van der Waals surface area (Å²) in [5.74, 6) is 0. The topological polar surface area (TPSA) is 30.2 Å². The van der Waals surface area contributed by atoms with Crippen molar-refractivity contribution < 1.29 is 0 Å². The van der Waals surface area contributed by atoms with Crippen LogP contribution in [-0.4, -0.2) is 14.6 Å². The predicted molar refractivity (Wildman–Crippen MR) is 42.5 cm³/mol. The molecule has 0 unspecified atom stereocenters. The van der Waals surface area contributed by atoms with Crippen molar-refractivity contribution in [2.75, 3.05) is 0 Å². The van der Waals surface area contributed by atoms with Gasteiger partial charge in [-0.2, -0.15) is 5.10 Å². The maximum Gasteiger partial charge on any atom is 0.117 e. The molecule has 2 heterocycles. The number of hydrogen-bond donors (Lipinski definition) is 0. The Balaban J connectivity index is 2.87.